The van der Waals surface area contributed by atoms with Crippen molar-refractivity contribution < 1.29 is 8.39 Å². The molecular formula is C5H11O2S. The predicted molar refractivity (Wildman–Crippen MR) is 34.4 cm³/mol. The molecular weight excluding hydrogens is 124 g/mol. The molecule has 0 bridgehead atoms. The summed E-state index contributed by atoms with van der Waals surface area (Å²) in [6, 6.07) is 0. The average molecular weight is 135 g/mol. The lowest BCUT2D eigenvalue weighted by Crippen LogP contribution is -1.95. The van der Waals surface area contributed by atoms with Crippen LogP contribution in [0.2, 0.25) is 0 Å². The fraction of sp³-hybridized carbons (Fsp3) is 0.800. The average Bonchev–Trinajstić information content (AvgIpc) is 1.83. The maximum absolute atomic E-state index is 10.4. The summed E-state index contributed by atoms with van der Waals surface area (Å²) in [5.41, 5.74) is 0. The van der Waals surface area contributed by atoms with Crippen molar-refractivity contribution in [1.29, 1.82) is 0 Å². The Balaban J connectivity index is 2.99. The highest BCUT2D eigenvalue weighted by Gasteiger charge is 1.91. The van der Waals surface area contributed by atoms with Gasteiger partial charge in [0, 0.05) is 5.75 Å². The highest BCUT2D eigenvalue weighted by atomic mass is 32.2. The van der Waals surface area contributed by atoms with Gasteiger partial charge in [-0.15, -0.1) is 0 Å². The number of hydrogen-bond donors (Lipinski definition) is 0. The number of hydrogen-bond acceptors (Lipinski definition) is 2. The molecule has 1 radical (unpaired) electrons. The Morgan fingerprint density at radius 3 is 2.62 bits per heavy atom. The molecule has 0 rings (SSSR count). The van der Waals surface area contributed by atoms with Crippen LogP contribution < -0.4 is 0 Å². The molecule has 0 aromatic rings. The van der Waals surface area contributed by atoms with Crippen LogP contribution in [0, 0.1) is 6.61 Å². The van der Waals surface area contributed by atoms with Gasteiger partial charge in [-0.1, -0.05) is 13.8 Å². The van der Waals surface area contributed by atoms with Crippen molar-refractivity contribution in [3.05, 3.63) is 6.61 Å². The molecule has 2 nitrogen and oxygen atoms in total. The lowest BCUT2D eigenvalue weighted by molar-refractivity contribution is 0.428. The Morgan fingerprint density at radius 1 is 1.62 bits per heavy atom. The molecule has 1 unspecified atom stereocenters. The lowest BCUT2D eigenvalue weighted by Gasteiger charge is -1.94. The van der Waals surface area contributed by atoms with Gasteiger partial charge in [0.2, 0.25) is 0 Å². The standard InChI is InChI=1S/C5H11O2S/c1-3-5-7-8(6)4-2/h5H,3-4H2,1-2H3. The molecule has 0 amide bonds. The van der Waals surface area contributed by atoms with Crippen LogP contribution in [0.25, 0.3) is 0 Å². The maximum Gasteiger partial charge on any atom is 0.155 e. The second kappa shape index (κ2) is 5.25. The summed E-state index contributed by atoms with van der Waals surface area (Å²) < 4.78 is 15.1. The predicted octanol–water partition coefficient (Wildman–Crippen LogP) is 1.26. The Morgan fingerprint density at radius 2 is 2.25 bits per heavy atom. The quantitative estimate of drug-likeness (QED) is 0.580. The van der Waals surface area contributed by atoms with Crippen LogP contribution in [-0.2, 0) is 15.3 Å². The van der Waals surface area contributed by atoms with Gasteiger partial charge in [0.25, 0.3) is 0 Å². The van der Waals surface area contributed by atoms with Gasteiger partial charge < -0.3 is 0 Å². The second-order valence-corrected chi connectivity index (χ2v) is 2.64. The van der Waals surface area contributed by atoms with E-state index in [9.17, 15) is 4.21 Å². The summed E-state index contributed by atoms with van der Waals surface area (Å²) in [4.78, 5) is 0. The minimum atomic E-state index is -1.08. The normalized spacial score (nSPS) is 13.8. The van der Waals surface area contributed by atoms with Crippen LogP contribution in [0.5, 0.6) is 0 Å². The molecule has 0 aromatic carbocycles. The van der Waals surface area contributed by atoms with Crippen molar-refractivity contribution in [3.8, 4) is 0 Å². The third-order valence-corrected chi connectivity index (χ3v) is 1.40. The lowest BCUT2D eigenvalue weighted by atomic mass is 10.5. The highest BCUT2D eigenvalue weighted by Crippen LogP contribution is 1.91. The van der Waals surface area contributed by atoms with Crippen molar-refractivity contribution in [2.45, 2.75) is 20.3 Å². The topological polar surface area (TPSA) is 26.3 Å². The molecule has 0 fully saturated rings. The van der Waals surface area contributed by atoms with Crippen LogP contribution in [-0.4, -0.2) is 9.96 Å². The summed E-state index contributed by atoms with van der Waals surface area (Å²) in [6.07, 6.45) is 0.811. The van der Waals surface area contributed by atoms with Crippen molar-refractivity contribution in [3.63, 3.8) is 0 Å². The van der Waals surface area contributed by atoms with E-state index in [0.717, 1.165) is 6.42 Å². The van der Waals surface area contributed by atoms with Crippen LogP contribution in [0.1, 0.15) is 20.3 Å². The van der Waals surface area contributed by atoms with E-state index in [0.29, 0.717) is 5.75 Å². The van der Waals surface area contributed by atoms with Crippen molar-refractivity contribution in [1.82, 2.24) is 0 Å². The summed E-state index contributed by atoms with van der Waals surface area (Å²) in [5.74, 6) is 0.566. The summed E-state index contributed by atoms with van der Waals surface area (Å²) in [7, 11) is 0. The molecule has 0 aliphatic carbocycles. The molecule has 8 heavy (non-hydrogen) atoms. The molecule has 0 aliphatic rings. The first-order valence-electron chi connectivity index (χ1n) is 2.68. The van der Waals surface area contributed by atoms with Gasteiger partial charge in [0.1, 0.15) is 6.61 Å². The van der Waals surface area contributed by atoms with Gasteiger partial charge in [0.15, 0.2) is 11.1 Å². The summed E-state index contributed by atoms with van der Waals surface area (Å²) in [6.45, 7) is 5.31. The molecule has 0 heterocycles. The smallest absolute Gasteiger partial charge is 0.155 e. The Bertz CT molecular complexity index is 72.8. The third-order valence-electron chi connectivity index (χ3n) is 0.578. The Hall–Kier alpha value is 0.110. The van der Waals surface area contributed by atoms with Gasteiger partial charge in [0.05, 0.1) is 0 Å². The Kier molecular flexibility index (Phi) is 5.32. The molecule has 49 valence electrons. The first-order valence-corrected chi connectivity index (χ1v) is 3.92. The van der Waals surface area contributed by atoms with E-state index in [1.165, 1.54) is 0 Å². The highest BCUT2D eigenvalue weighted by molar-refractivity contribution is 7.80. The van der Waals surface area contributed by atoms with E-state index in [2.05, 4.69) is 4.18 Å². The van der Waals surface area contributed by atoms with Gasteiger partial charge in [-0.25, -0.2) is 4.21 Å². The van der Waals surface area contributed by atoms with E-state index in [-0.39, 0.29) is 0 Å². The molecule has 0 spiro atoms. The van der Waals surface area contributed by atoms with Gasteiger partial charge in [-0.05, 0) is 6.42 Å². The SMILES string of the molecule is CC[CH]OS(=O)CC. The van der Waals surface area contributed by atoms with Crippen molar-refractivity contribution in [2.24, 2.45) is 0 Å². The monoisotopic (exact) mass is 135 g/mol. The molecule has 3 heteroatoms. The zero-order valence-corrected chi connectivity index (χ0v) is 6.03. The van der Waals surface area contributed by atoms with Crippen LogP contribution >= 0.6 is 0 Å². The zero-order valence-electron chi connectivity index (χ0n) is 5.22. The van der Waals surface area contributed by atoms with Crippen LogP contribution in [0.4, 0.5) is 0 Å². The molecule has 0 aromatic heterocycles. The molecule has 1 atom stereocenters. The van der Waals surface area contributed by atoms with E-state index in [1.54, 1.807) is 6.61 Å². The number of rotatable bonds is 4. The van der Waals surface area contributed by atoms with E-state index >= 15 is 0 Å². The second-order valence-electron chi connectivity index (χ2n) is 1.26. The molecule has 0 aliphatic heterocycles. The fourth-order valence-corrected chi connectivity index (χ4v) is 0.636. The molecule has 0 saturated carbocycles. The van der Waals surface area contributed by atoms with Crippen LogP contribution in [0.15, 0.2) is 0 Å². The molecule has 0 saturated heterocycles. The van der Waals surface area contributed by atoms with Crippen LogP contribution in [0.3, 0.4) is 0 Å². The first kappa shape index (κ1) is 8.11. The zero-order chi connectivity index (χ0) is 6.41. The van der Waals surface area contributed by atoms with E-state index in [4.69, 9.17) is 0 Å². The third kappa shape index (κ3) is 4.27. The fourth-order valence-electron chi connectivity index (χ4n) is 0.212. The molecule has 0 N–H and O–H groups in total. The van der Waals surface area contributed by atoms with Gasteiger partial charge in [-0.3, -0.25) is 4.18 Å². The largest absolute Gasteiger partial charge is 0.284 e. The Labute approximate surface area is 52.9 Å². The van der Waals surface area contributed by atoms with Gasteiger partial charge >= 0.3 is 0 Å². The summed E-state index contributed by atoms with van der Waals surface area (Å²) in [5, 5.41) is 0. The summed E-state index contributed by atoms with van der Waals surface area (Å²) >= 11 is -1.08. The maximum atomic E-state index is 10.4. The minimum Gasteiger partial charge on any atom is -0.284 e. The minimum absolute atomic E-state index is 0.566. The van der Waals surface area contributed by atoms with E-state index < -0.39 is 11.1 Å². The van der Waals surface area contributed by atoms with Crippen molar-refractivity contribution in [2.75, 3.05) is 5.75 Å². The van der Waals surface area contributed by atoms with E-state index in [1.807, 2.05) is 13.8 Å². The van der Waals surface area contributed by atoms with Crippen molar-refractivity contribution >= 4 is 11.1 Å². The van der Waals surface area contributed by atoms with Gasteiger partial charge in [-0.2, -0.15) is 0 Å². The first-order chi connectivity index (χ1) is 3.81.